The monoisotopic (exact) mass is 287 g/mol. The number of aromatic nitrogens is 3. The second kappa shape index (κ2) is 6.99. The van der Waals surface area contributed by atoms with Crippen LogP contribution in [-0.2, 0) is 17.9 Å². The minimum absolute atomic E-state index is 0.121. The number of nitrogens with one attached hydrogen (secondary N) is 1. The molecule has 1 aromatic heterocycles. The molecule has 0 saturated carbocycles. The molecule has 2 rings (SSSR count). The van der Waals surface area contributed by atoms with Gasteiger partial charge < -0.3 is 11.1 Å². The van der Waals surface area contributed by atoms with E-state index in [-0.39, 0.29) is 11.8 Å². The van der Waals surface area contributed by atoms with Gasteiger partial charge in [-0.2, -0.15) is 5.10 Å². The van der Waals surface area contributed by atoms with Gasteiger partial charge in [-0.15, -0.1) is 0 Å². The lowest BCUT2D eigenvalue weighted by Crippen LogP contribution is -2.43. The summed E-state index contributed by atoms with van der Waals surface area (Å²) in [7, 11) is 0. The first-order valence-corrected chi connectivity index (χ1v) is 7.00. The topological polar surface area (TPSA) is 85.8 Å². The number of nitrogens with zero attached hydrogens (tertiary/aromatic N) is 3. The maximum absolute atomic E-state index is 11.9. The number of rotatable bonds is 6. The molecule has 0 saturated heterocycles. The molecule has 1 heterocycles. The van der Waals surface area contributed by atoms with Crippen LogP contribution in [0.1, 0.15) is 25.0 Å². The fraction of sp³-hybridized carbons (Fsp3) is 0.400. The van der Waals surface area contributed by atoms with E-state index in [4.69, 9.17) is 5.73 Å². The van der Waals surface area contributed by atoms with E-state index in [9.17, 15) is 4.79 Å². The summed E-state index contributed by atoms with van der Waals surface area (Å²) in [5, 5.41) is 6.99. The summed E-state index contributed by atoms with van der Waals surface area (Å²) in [4.78, 5) is 15.9. The number of hydrogen-bond donors (Lipinski definition) is 2. The maximum Gasteiger partial charge on any atom is 0.237 e. The van der Waals surface area contributed by atoms with Crippen molar-refractivity contribution in [3.63, 3.8) is 0 Å². The van der Waals surface area contributed by atoms with Crippen LogP contribution in [0.2, 0.25) is 0 Å². The van der Waals surface area contributed by atoms with Crippen molar-refractivity contribution in [2.45, 2.75) is 33.0 Å². The number of hydrogen-bond acceptors (Lipinski definition) is 4. The SMILES string of the molecule is CC(C)C(N)C(=O)NCc1ccccc1Cn1cncn1. The van der Waals surface area contributed by atoms with Crippen molar-refractivity contribution in [3.8, 4) is 0 Å². The van der Waals surface area contributed by atoms with Gasteiger partial charge in [-0.25, -0.2) is 9.67 Å². The lowest BCUT2D eigenvalue weighted by Gasteiger charge is -2.16. The van der Waals surface area contributed by atoms with Gasteiger partial charge in [0.1, 0.15) is 12.7 Å². The summed E-state index contributed by atoms with van der Waals surface area (Å²) < 4.78 is 1.75. The lowest BCUT2D eigenvalue weighted by molar-refractivity contribution is -0.123. The van der Waals surface area contributed by atoms with Gasteiger partial charge in [-0.05, 0) is 17.0 Å². The fourth-order valence-electron chi connectivity index (χ4n) is 1.98. The zero-order chi connectivity index (χ0) is 15.2. The van der Waals surface area contributed by atoms with E-state index in [1.807, 2.05) is 38.1 Å². The van der Waals surface area contributed by atoms with Crippen molar-refractivity contribution < 1.29 is 4.79 Å². The van der Waals surface area contributed by atoms with Gasteiger partial charge in [0.25, 0.3) is 0 Å². The molecule has 0 radical (unpaired) electrons. The molecule has 0 aliphatic rings. The van der Waals surface area contributed by atoms with Crippen LogP contribution in [0.3, 0.4) is 0 Å². The number of nitrogens with two attached hydrogens (primary N) is 1. The fourth-order valence-corrected chi connectivity index (χ4v) is 1.98. The highest BCUT2D eigenvalue weighted by Crippen LogP contribution is 2.10. The molecule has 1 aromatic carbocycles. The second-order valence-corrected chi connectivity index (χ2v) is 5.35. The molecule has 2 aromatic rings. The third-order valence-corrected chi connectivity index (χ3v) is 3.39. The molecule has 1 unspecified atom stereocenters. The Morgan fingerprint density at radius 2 is 2.05 bits per heavy atom. The van der Waals surface area contributed by atoms with Crippen LogP contribution in [0, 0.1) is 5.92 Å². The summed E-state index contributed by atoms with van der Waals surface area (Å²) in [6.45, 7) is 4.96. The molecule has 112 valence electrons. The molecular formula is C15H21N5O. The van der Waals surface area contributed by atoms with Crippen LogP contribution in [-0.4, -0.2) is 26.7 Å². The van der Waals surface area contributed by atoms with Gasteiger partial charge in [0.15, 0.2) is 0 Å². The van der Waals surface area contributed by atoms with Gasteiger partial charge in [-0.1, -0.05) is 38.1 Å². The van der Waals surface area contributed by atoms with Crippen molar-refractivity contribution in [2.75, 3.05) is 0 Å². The molecule has 0 aliphatic heterocycles. The van der Waals surface area contributed by atoms with Gasteiger partial charge >= 0.3 is 0 Å². The minimum atomic E-state index is -0.479. The lowest BCUT2D eigenvalue weighted by atomic mass is 10.0. The van der Waals surface area contributed by atoms with E-state index in [1.54, 1.807) is 11.0 Å². The molecule has 0 aliphatic carbocycles. The van der Waals surface area contributed by atoms with Crippen molar-refractivity contribution in [2.24, 2.45) is 11.7 Å². The van der Waals surface area contributed by atoms with E-state index >= 15 is 0 Å². The van der Waals surface area contributed by atoms with E-state index < -0.39 is 6.04 Å². The van der Waals surface area contributed by atoms with Crippen LogP contribution in [0.5, 0.6) is 0 Å². The van der Waals surface area contributed by atoms with Crippen molar-refractivity contribution in [1.82, 2.24) is 20.1 Å². The third kappa shape index (κ3) is 4.13. The van der Waals surface area contributed by atoms with E-state index in [0.717, 1.165) is 11.1 Å². The number of carbonyl (C=O) groups is 1. The maximum atomic E-state index is 11.9. The summed E-state index contributed by atoms with van der Waals surface area (Å²) in [6.07, 6.45) is 3.18. The molecule has 21 heavy (non-hydrogen) atoms. The first kappa shape index (κ1) is 15.2. The van der Waals surface area contributed by atoms with E-state index in [0.29, 0.717) is 13.1 Å². The van der Waals surface area contributed by atoms with Gasteiger partial charge in [-0.3, -0.25) is 4.79 Å². The van der Waals surface area contributed by atoms with Crippen LogP contribution in [0.15, 0.2) is 36.9 Å². The Bertz CT molecular complexity index is 580. The molecule has 6 heteroatoms. The smallest absolute Gasteiger partial charge is 0.237 e. The predicted molar refractivity (Wildman–Crippen MR) is 80.2 cm³/mol. The van der Waals surface area contributed by atoms with Crippen LogP contribution in [0.25, 0.3) is 0 Å². The Hall–Kier alpha value is -2.21. The number of benzene rings is 1. The normalized spacial score (nSPS) is 12.4. The molecule has 0 bridgehead atoms. The highest BCUT2D eigenvalue weighted by molar-refractivity contribution is 5.81. The average Bonchev–Trinajstić information content (AvgIpc) is 2.98. The summed E-state index contributed by atoms with van der Waals surface area (Å²) in [5.74, 6) is -0.00375. The van der Waals surface area contributed by atoms with Crippen molar-refractivity contribution >= 4 is 5.91 Å². The first-order valence-electron chi connectivity index (χ1n) is 7.00. The second-order valence-electron chi connectivity index (χ2n) is 5.35. The Morgan fingerprint density at radius 1 is 1.33 bits per heavy atom. The van der Waals surface area contributed by atoms with E-state index in [2.05, 4.69) is 15.4 Å². The Morgan fingerprint density at radius 3 is 2.67 bits per heavy atom. The first-order chi connectivity index (χ1) is 10.1. The number of amides is 1. The molecule has 1 amide bonds. The summed E-state index contributed by atoms with van der Waals surface area (Å²) in [6, 6.07) is 7.46. The Kier molecular flexibility index (Phi) is 5.05. The van der Waals surface area contributed by atoms with Crippen molar-refractivity contribution in [1.29, 1.82) is 0 Å². The van der Waals surface area contributed by atoms with E-state index in [1.165, 1.54) is 6.33 Å². The molecule has 6 nitrogen and oxygen atoms in total. The molecule has 3 N–H and O–H groups in total. The molecule has 0 spiro atoms. The van der Waals surface area contributed by atoms with Crippen LogP contribution in [0.4, 0.5) is 0 Å². The molecular weight excluding hydrogens is 266 g/mol. The highest BCUT2D eigenvalue weighted by atomic mass is 16.2. The van der Waals surface area contributed by atoms with Crippen molar-refractivity contribution in [3.05, 3.63) is 48.0 Å². The molecule has 0 fully saturated rings. The Labute approximate surface area is 124 Å². The quantitative estimate of drug-likeness (QED) is 0.827. The van der Waals surface area contributed by atoms with Crippen LogP contribution >= 0.6 is 0 Å². The predicted octanol–water partition coefficient (Wildman–Crippen LogP) is 0.926. The molecule has 1 atom stereocenters. The van der Waals surface area contributed by atoms with Crippen LogP contribution < -0.4 is 11.1 Å². The minimum Gasteiger partial charge on any atom is -0.351 e. The summed E-state index contributed by atoms with van der Waals surface area (Å²) in [5.41, 5.74) is 7.99. The zero-order valence-corrected chi connectivity index (χ0v) is 12.4. The standard InChI is InChI=1S/C15H21N5O/c1-11(2)14(16)15(21)18-7-12-5-3-4-6-13(12)8-20-10-17-9-19-20/h3-6,9-11,14H,7-8,16H2,1-2H3,(H,18,21). The summed E-state index contributed by atoms with van der Waals surface area (Å²) >= 11 is 0. The number of carbonyl (C=O) groups excluding carboxylic acids is 1. The van der Waals surface area contributed by atoms with Gasteiger partial charge in [0.05, 0.1) is 12.6 Å². The Balaban J connectivity index is 2.02. The van der Waals surface area contributed by atoms with Gasteiger partial charge in [0.2, 0.25) is 5.91 Å². The average molecular weight is 287 g/mol. The van der Waals surface area contributed by atoms with Gasteiger partial charge in [0, 0.05) is 6.54 Å². The highest BCUT2D eigenvalue weighted by Gasteiger charge is 2.16. The third-order valence-electron chi connectivity index (χ3n) is 3.39. The zero-order valence-electron chi connectivity index (χ0n) is 12.4. The largest absolute Gasteiger partial charge is 0.351 e.